The van der Waals surface area contributed by atoms with E-state index >= 15 is 0 Å². The van der Waals surface area contributed by atoms with Gasteiger partial charge < -0.3 is 10.4 Å². The summed E-state index contributed by atoms with van der Waals surface area (Å²) in [6, 6.07) is 0.180. The number of carboxylic acids is 1. The molecule has 94 valence electrons. The van der Waals surface area contributed by atoms with Crippen LogP contribution in [0.25, 0.3) is 0 Å². The summed E-state index contributed by atoms with van der Waals surface area (Å²) in [6.07, 6.45) is 9.09. The van der Waals surface area contributed by atoms with Gasteiger partial charge in [-0.3, -0.25) is 9.59 Å². The van der Waals surface area contributed by atoms with E-state index in [1.165, 1.54) is 0 Å². The van der Waals surface area contributed by atoms with E-state index in [0.717, 1.165) is 25.7 Å². The molecule has 0 radical (unpaired) electrons. The number of carbonyl (C=O) groups is 2. The van der Waals surface area contributed by atoms with Gasteiger partial charge in [-0.05, 0) is 25.7 Å². The summed E-state index contributed by atoms with van der Waals surface area (Å²) >= 11 is 0. The fourth-order valence-electron chi connectivity index (χ4n) is 2.78. The normalized spacial score (nSPS) is 29.2. The summed E-state index contributed by atoms with van der Waals surface area (Å²) in [6.45, 7) is 0. The van der Waals surface area contributed by atoms with Crippen molar-refractivity contribution in [3.8, 4) is 0 Å². The van der Waals surface area contributed by atoms with Crippen LogP contribution in [-0.2, 0) is 9.59 Å². The van der Waals surface area contributed by atoms with E-state index in [4.69, 9.17) is 5.11 Å². The lowest BCUT2D eigenvalue weighted by Gasteiger charge is -2.28. The van der Waals surface area contributed by atoms with Crippen LogP contribution in [0.3, 0.4) is 0 Å². The highest BCUT2D eigenvalue weighted by molar-refractivity contribution is 5.85. The van der Waals surface area contributed by atoms with E-state index < -0.39 is 11.9 Å². The van der Waals surface area contributed by atoms with E-state index in [9.17, 15) is 9.59 Å². The molecule has 0 bridgehead atoms. The quantitative estimate of drug-likeness (QED) is 0.734. The van der Waals surface area contributed by atoms with E-state index in [1.807, 2.05) is 0 Å². The molecule has 4 nitrogen and oxygen atoms in total. The minimum Gasteiger partial charge on any atom is -0.481 e. The van der Waals surface area contributed by atoms with Crippen LogP contribution < -0.4 is 5.32 Å². The van der Waals surface area contributed by atoms with E-state index in [2.05, 4.69) is 17.5 Å². The topological polar surface area (TPSA) is 66.4 Å². The number of nitrogens with one attached hydrogen (secondary N) is 1. The number of hydrogen-bond donors (Lipinski definition) is 2. The number of carbonyl (C=O) groups excluding carboxylic acids is 1. The lowest BCUT2D eigenvalue weighted by atomic mass is 9.78. The molecule has 2 atom stereocenters. The summed E-state index contributed by atoms with van der Waals surface area (Å²) in [4.78, 5) is 23.2. The Morgan fingerprint density at radius 2 is 1.65 bits per heavy atom. The predicted molar refractivity (Wildman–Crippen MR) is 63.4 cm³/mol. The second-order valence-electron chi connectivity index (χ2n) is 4.98. The molecule has 17 heavy (non-hydrogen) atoms. The highest BCUT2D eigenvalue weighted by Gasteiger charge is 2.36. The Labute approximate surface area is 101 Å². The van der Waals surface area contributed by atoms with Crippen LogP contribution in [0.15, 0.2) is 12.2 Å². The molecule has 4 heteroatoms. The van der Waals surface area contributed by atoms with Crippen molar-refractivity contribution in [3.05, 3.63) is 12.2 Å². The van der Waals surface area contributed by atoms with Gasteiger partial charge in [0.1, 0.15) is 0 Å². The highest BCUT2D eigenvalue weighted by atomic mass is 16.4. The van der Waals surface area contributed by atoms with Crippen molar-refractivity contribution < 1.29 is 14.7 Å². The van der Waals surface area contributed by atoms with Crippen LogP contribution in [0.2, 0.25) is 0 Å². The Morgan fingerprint density at radius 3 is 2.24 bits per heavy atom. The molecule has 0 heterocycles. The van der Waals surface area contributed by atoms with Crippen LogP contribution in [0.4, 0.5) is 0 Å². The first-order chi connectivity index (χ1) is 8.18. The second kappa shape index (κ2) is 5.34. The third-order valence-corrected chi connectivity index (χ3v) is 3.77. The molecule has 2 rings (SSSR count). The number of amides is 1. The molecule has 0 aromatic heterocycles. The number of hydrogen-bond acceptors (Lipinski definition) is 2. The third kappa shape index (κ3) is 2.87. The van der Waals surface area contributed by atoms with Crippen LogP contribution in [0.1, 0.15) is 38.5 Å². The first-order valence-electron chi connectivity index (χ1n) is 6.36. The summed E-state index contributed by atoms with van der Waals surface area (Å²) in [7, 11) is 0. The first kappa shape index (κ1) is 12.1. The molecule has 0 aliphatic heterocycles. The molecule has 1 amide bonds. The van der Waals surface area contributed by atoms with Crippen molar-refractivity contribution in [1.29, 1.82) is 0 Å². The minimum atomic E-state index is -0.825. The van der Waals surface area contributed by atoms with Gasteiger partial charge in [-0.2, -0.15) is 0 Å². The van der Waals surface area contributed by atoms with Gasteiger partial charge in [0, 0.05) is 6.04 Å². The van der Waals surface area contributed by atoms with Gasteiger partial charge in [0.05, 0.1) is 11.8 Å². The van der Waals surface area contributed by atoms with Gasteiger partial charge in [0.25, 0.3) is 0 Å². The van der Waals surface area contributed by atoms with Crippen molar-refractivity contribution in [2.24, 2.45) is 11.8 Å². The average Bonchev–Trinajstić information content (AvgIpc) is 2.81. The molecule has 2 N–H and O–H groups in total. The first-order valence-corrected chi connectivity index (χ1v) is 6.36. The standard InChI is InChI=1S/C13H19NO3/c15-12(14-9-5-1-2-6-9)10-7-3-4-8-11(10)13(16)17/h1-2,9-11H,3-8H2,(H,14,15)(H,16,17). The third-order valence-electron chi connectivity index (χ3n) is 3.77. The van der Waals surface area contributed by atoms with E-state index in [-0.39, 0.29) is 17.9 Å². The molecule has 1 fully saturated rings. The fourth-order valence-corrected chi connectivity index (χ4v) is 2.78. The zero-order valence-electron chi connectivity index (χ0n) is 9.89. The fraction of sp³-hybridized carbons (Fsp3) is 0.692. The van der Waals surface area contributed by atoms with Crippen molar-refractivity contribution >= 4 is 11.9 Å². The average molecular weight is 237 g/mol. The Bertz CT molecular complexity index is 330. The van der Waals surface area contributed by atoms with Crippen molar-refractivity contribution in [2.45, 2.75) is 44.6 Å². The van der Waals surface area contributed by atoms with Gasteiger partial charge in [0.2, 0.25) is 5.91 Å². The van der Waals surface area contributed by atoms with E-state index in [1.54, 1.807) is 0 Å². The highest BCUT2D eigenvalue weighted by Crippen LogP contribution is 2.30. The monoisotopic (exact) mass is 237 g/mol. The van der Waals surface area contributed by atoms with Crippen LogP contribution >= 0.6 is 0 Å². The summed E-state index contributed by atoms with van der Waals surface area (Å²) in [5.41, 5.74) is 0. The van der Waals surface area contributed by atoms with Crippen LogP contribution in [0, 0.1) is 11.8 Å². The summed E-state index contributed by atoms with van der Waals surface area (Å²) < 4.78 is 0. The molecule has 0 saturated heterocycles. The maximum absolute atomic E-state index is 12.1. The molecular weight excluding hydrogens is 218 g/mol. The maximum atomic E-state index is 12.1. The Balaban J connectivity index is 1.93. The minimum absolute atomic E-state index is 0.0641. The molecule has 2 aliphatic rings. The second-order valence-corrected chi connectivity index (χ2v) is 4.98. The largest absolute Gasteiger partial charge is 0.481 e. The SMILES string of the molecule is O=C(O)C1CCCCC1C(=O)NC1CC=CC1. The Hall–Kier alpha value is -1.32. The molecule has 0 aromatic rings. The molecule has 0 aromatic carbocycles. The number of aliphatic carboxylic acids is 1. The van der Waals surface area contributed by atoms with Gasteiger partial charge in [-0.1, -0.05) is 25.0 Å². The number of rotatable bonds is 3. The summed E-state index contributed by atoms with van der Waals surface area (Å²) in [5, 5.41) is 12.1. The van der Waals surface area contributed by atoms with Gasteiger partial charge in [0.15, 0.2) is 0 Å². The lowest BCUT2D eigenvalue weighted by molar-refractivity contribution is -0.149. The smallest absolute Gasteiger partial charge is 0.307 e. The Kier molecular flexibility index (Phi) is 3.82. The Morgan fingerprint density at radius 1 is 1.06 bits per heavy atom. The van der Waals surface area contributed by atoms with Crippen molar-refractivity contribution in [3.63, 3.8) is 0 Å². The van der Waals surface area contributed by atoms with Gasteiger partial charge in [-0.25, -0.2) is 0 Å². The van der Waals surface area contributed by atoms with Crippen LogP contribution in [0.5, 0.6) is 0 Å². The predicted octanol–water partition coefficient (Wildman–Crippen LogP) is 1.71. The molecule has 1 saturated carbocycles. The molecular formula is C13H19NO3. The van der Waals surface area contributed by atoms with E-state index in [0.29, 0.717) is 12.8 Å². The molecule has 0 spiro atoms. The molecule has 2 unspecified atom stereocenters. The van der Waals surface area contributed by atoms with Gasteiger partial charge >= 0.3 is 5.97 Å². The maximum Gasteiger partial charge on any atom is 0.307 e. The van der Waals surface area contributed by atoms with Crippen molar-refractivity contribution in [2.75, 3.05) is 0 Å². The molecule has 2 aliphatic carbocycles. The zero-order chi connectivity index (χ0) is 12.3. The van der Waals surface area contributed by atoms with Gasteiger partial charge in [-0.15, -0.1) is 0 Å². The lowest BCUT2D eigenvalue weighted by Crippen LogP contribution is -2.43. The zero-order valence-corrected chi connectivity index (χ0v) is 9.89. The van der Waals surface area contributed by atoms with Crippen molar-refractivity contribution in [1.82, 2.24) is 5.32 Å². The number of carboxylic acid groups (broad SMARTS) is 1. The summed E-state index contributed by atoms with van der Waals surface area (Å²) in [5.74, 6) is -1.71. The van der Waals surface area contributed by atoms with Crippen LogP contribution in [-0.4, -0.2) is 23.0 Å².